The van der Waals surface area contributed by atoms with Crippen LogP contribution in [-0.2, 0) is 0 Å². The molecule has 0 saturated heterocycles. The van der Waals surface area contributed by atoms with E-state index in [2.05, 4.69) is 9.59 Å². The summed E-state index contributed by atoms with van der Waals surface area (Å²) >= 11 is 6.89. The van der Waals surface area contributed by atoms with Crippen molar-refractivity contribution < 1.29 is 4.79 Å². The number of rotatable bonds is 5. The van der Waals surface area contributed by atoms with Crippen LogP contribution in [0.25, 0.3) is 0 Å². The van der Waals surface area contributed by atoms with Crippen molar-refractivity contribution in [2.24, 2.45) is 0 Å². The molecule has 1 aliphatic carbocycles. The number of hydrogen-bond acceptors (Lipinski definition) is 4. The van der Waals surface area contributed by atoms with E-state index in [0.717, 1.165) is 25.8 Å². The fourth-order valence-corrected chi connectivity index (χ4v) is 2.33. The maximum atomic E-state index is 12.1. The van der Waals surface area contributed by atoms with Crippen molar-refractivity contribution in [3.63, 3.8) is 0 Å². The molecule has 1 aromatic heterocycles. The van der Waals surface area contributed by atoms with E-state index in [-0.39, 0.29) is 5.91 Å². The molecule has 1 fully saturated rings. The van der Waals surface area contributed by atoms with Gasteiger partial charge in [-0.05, 0) is 37.2 Å². The van der Waals surface area contributed by atoms with Gasteiger partial charge < -0.3 is 4.90 Å². The summed E-state index contributed by atoms with van der Waals surface area (Å²) in [5, 5.41) is 5.53. The van der Waals surface area contributed by atoms with Crippen LogP contribution in [0.2, 0.25) is 0 Å². The van der Waals surface area contributed by atoms with E-state index >= 15 is 0 Å². The lowest BCUT2D eigenvalue weighted by atomic mass is 9.91. The molecule has 0 aliphatic heterocycles. The van der Waals surface area contributed by atoms with Crippen molar-refractivity contribution in [3.8, 4) is 0 Å². The molecule has 2 rings (SSSR count). The molecular formula is C10H14ClN3OS. The highest BCUT2D eigenvalue weighted by Gasteiger charge is 2.29. The van der Waals surface area contributed by atoms with Crippen LogP contribution in [0.1, 0.15) is 36.2 Å². The summed E-state index contributed by atoms with van der Waals surface area (Å²) in [6.45, 7) is 0.727. The molecule has 16 heavy (non-hydrogen) atoms. The topological polar surface area (TPSA) is 46.1 Å². The molecule has 88 valence electrons. The molecule has 4 nitrogen and oxygen atoms in total. The molecule has 0 unspecified atom stereocenters. The Morgan fingerprint density at radius 1 is 1.62 bits per heavy atom. The lowest BCUT2D eigenvalue weighted by Crippen LogP contribution is -2.45. The van der Waals surface area contributed by atoms with E-state index in [1.165, 1.54) is 18.0 Å². The van der Waals surface area contributed by atoms with Crippen LogP contribution in [0.4, 0.5) is 0 Å². The van der Waals surface area contributed by atoms with E-state index in [1.54, 1.807) is 5.38 Å². The molecule has 1 heterocycles. The largest absolute Gasteiger partial charge is 0.334 e. The Kier molecular flexibility index (Phi) is 4.12. The number of hydrogen-bond donors (Lipinski definition) is 0. The summed E-state index contributed by atoms with van der Waals surface area (Å²) in [5.41, 5.74) is 0.464. The first-order valence-electron chi connectivity index (χ1n) is 5.47. The number of alkyl halides is 1. The van der Waals surface area contributed by atoms with Gasteiger partial charge in [-0.1, -0.05) is 4.49 Å². The van der Waals surface area contributed by atoms with Crippen LogP contribution < -0.4 is 0 Å². The van der Waals surface area contributed by atoms with E-state index in [0.29, 0.717) is 17.6 Å². The number of amides is 1. The second kappa shape index (κ2) is 5.59. The maximum Gasteiger partial charge on any atom is 0.275 e. The van der Waals surface area contributed by atoms with Crippen LogP contribution in [0.5, 0.6) is 0 Å². The highest BCUT2D eigenvalue weighted by molar-refractivity contribution is 7.03. The Labute approximate surface area is 104 Å². The van der Waals surface area contributed by atoms with Crippen molar-refractivity contribution in [1.29, 1.82) is 0 Å². The third-order valence-corrected chi connectivity index (χ3v) is 3.66. The predicted molar refractivity (Wildman–Crippen MR) is 63.9 cm³/mol. The van der Waals surface area contributed by atoms with Crippen molar-refractivity contribution in [2.45, 2.75) is 31.7 Å². The molecule has 0 aromatic carbocycles. The molecule has 6 heteroatoms. The molecule has 1 aromatic rings. The van der Waals surface area contributed by atoms with Gasteiger partial charge in [0, 0.05) is 23.8 Å². The fraction of sp³-hybridized carbons (Fsp3) is 0.700. The first-order valence-corrected chi connectivity index (χ1v) is 6.84. The number of aromatic nitrogens is 2. The van der Waals surface area contributed by atoms with E-state index in [9.17, 15) is 4.79 Å². The first-order chi connectivity index (χ1) is 7.83. The summed E-state index contributed by atoms with van der Waals surface area (Å²) in [7, 11) is 0. The van der Waals surface area contributed by atoms with Crippen LogP contribution in [-0.4, -0.2) is 38.9 Å². The normalized spacial score (nSPS) is 15.8. The van der Waals surface area contributed by atoms with E-state index in [4.69, 9.17) is 11.6 Å². The van der Waals surface area contributed by atoms with Gasteiger partial charge >= 0.3 is 0 Å². The van der Waals surface area contributed by atoms with Gasteiger partial charge in [0.15, 0.2) is 5.69 Å². The van der Waals surface area contributed by atoms with Crippen molar-refractivity contribution in [3.05, 3.63) is 11.1 Å². The monoisotopic (exact) mass is 259 g/mol. The second-order valence-electron chi connectivity index (χ2n) is 3.92. The summed E-state index contributed by atoms with van der Waals surface area (Å²) in [5.74, 6) is 0.592. The Morgan fingerprint density at radius 3 is 2.94 bits per heavy atom. The number of carbonyl (C=O) groups excluding carboxylic acids is 1. The lowest BCUT2D eigenvalue weighted by Gasteiger charge is -2.37. The fourth-order valence-electron chi connectivity index (χ4n) is 1.78. The van der Waals surface area contributed by atoms with Crippen molar-refractivity contribution in [1.82, 2.24) is 14.5 Å². The number of nitrogens with zero attached hydrogens (tertiary/aromatic N) is 3. The maximum absolute atomic E-state index is 12.1. The minimum atomic E-state index is 0.00330. The van der Waals surface area contributed by atoms with Crippen molar-refractivity contribution >= 4 is 29.0 Å². The standard InChI is InChI=1S/C10H14ClN3OS/c11-5-2-6-14(8-3-1-4-8)10(15)9-7-16-13-12-9/h7-8H,1-6H2. The third-order valence-electron chi connectivity index (χ3n) is 2.89. The lowest BCUT2D eigenvalue weighted by molar-refractivity contribution is 0.0574. The Hall–Kier alpha value is -0.680. The van der Waals surface area contributed by atoms with Crippen LogP contribution in [0, 0.1) is 0 Å². The summed E-state index contributed by atoms with van der Waals surface area (Å²) in [6.07, 6.45) is 4.25. The molecule has 1 amide bonds. The third kappa shape index (κ3) is 2.52. The van der Waals surface area contributed by atoms with E-state index in [1.807, 2.05) is 4.90 Å². The van der Waals surface area contributed by atoms with Crippen LogP contribution in [0.3, 0.4) is 0 Å². The molecule has 0 radical (unpaired) electrons. The Bertz CT molecular complexity index is 340. The molecule has 0 spiro atoms. The Morgan fingerprint density at radius 2 is 2.44 bits per heavy atom. The minimum absolute atomic E-state index is 0.00330. The molecule has 1 saturated carbocycles. The molecular weight excluding hydrogens is 246 g/mol. The number of carbonyl (C=O) groups is 1. The molecule has 0 bridgehead atoms. The zero-order valence-corrected chi connectivity index (χ0v) is 10.5. The minimum Gasteiger partial charge on any atom is -0.334 e. The van der Waals surface area contributed by atoms with Gasteiger partial charge in [-0.2, -0.15) is 0 Å². The van der Waals surface area contributed by atoms with Gasteiger partial charge in [-0.3, -0.25) is 4.79 Å². The average molecular weight is 260 g/mol. The summed E-state index contributed by atoms with van der Waals surface area (Å²) < 4.78 is 3.73. The second-order valence-corrected chi connectivity index (χ2v) is 4.90. The number of halogens is 1. The van der Waals surface area contributed by atoms with Gasteiger partial charge in [-0.15, -0.1) is 16.7 Å². The van der Waals surface area contributed by atoms with Crippen LogP contribution in [0.15, 0.2) is 5.38 Å². The smallest absolute Gasteiger partial charge is 0.275 e. The highest BCUT2D eigenvalue weighted by atomic mass is 35.5. The summed E-state index contributed by atoms with van der Waals surface area (Å²) in [4.78, 5) is 14.0. The van der Waals surface area contributed by atoms with Crippen molar-refractivity contribution in [2.75, 3.05) is 12.4 Å². The van der Waals surface area contributed by atoms with Gasteiger partial charge in [-0.25, -0.2) is 0 Å². The zero-order valence-electron chi connectivity index (χ0n) is 8.93. The highest BCUT2D eigenvalue weighted by Crippen LogP contribution is 2.26. The first kappa shape index (κ1) is 11.8. The Balaban J connectivity index is 2.02. The SMILES string of the molecule is O=C(c1csnn1)N(CCCCl)C1CCC1. The quantitative estimate of drug-likeness (QED) is 0.762. The van der Waals surface area contributed by atoms with Gasteiger partial charge in [0.05, 0.1) is 0 Å². The average Bonchev–Trinajstić information content (AvgIpc) is 2.73. The predicted octanol–water partition coefficient (Wildman–Crippen LogP) is 2.16. The molecule has 0 atom stereocenters. The van der Waals surface area contributed by atoms with Gasteiger partial charge in [0.25, 0.3) is 5.91 Å². The van der Waals surface area contributed by atoms with Gasteiger partial charge in [0.1, 0.15) is 0 Å². The van der Waals surface area contributed by atoms with E-state index < -0.39 is 0 Å². The molecule has 0 N–H and O–H groups in total. The molecule has 1 aliphatic rings. The zero-order chi connectivity index (χ0) is 11.4. The summed E-state index contributed by atoms with van der Waals surface area (Å²) in [6, 6.07) is 0.386. The van der Waals surface area contributed by atoms with Gasteiger partial charge in [0.2, 0.25) is 0 Å². The van der Waals surface area contributed by atoms with Crippen LogP contribution >= 0.6 is 23.1 Å².